The van der Waals surface area contributed by atoms with Crippen LogP contribution in [0.15, 0.2) is 18.7 Å². The Hall–Kier alpha value is -0.430. The number of halogens is 2. The fourth-order valence-electron chi connectivity index (χ4n) is 1.96. The Morgan fingerprint density at radius 2 is 2.35 bits per heavy atom. The molecule has 5 nitrogen and oxygen atoms in total. The molecule has 0 spiro atoms. The Labute approximate surface area is 136 Å². The summed E-state index contributed by atoms with van der Waals surface area (Å²) in [6, 6.07) is 0.345. The van der Waals surface area contributed by atoms with Gasteiger partial charge in [0.1, 0.15) is 0 Å². The predicted molar refractivity (Wildman–Crippen MR) is 88.1 cm³/mol. The zero-order valence-corrected chi connectivity index (χ0v) is 13.7. The number of imidazole rings is 1. The van der Waals surface area contributed by atoms with E-state index in [4.69, 9.17) is 0 Å². The summed E-state index contributed by atoms with van der Waals surface area (Å²) >= 11 is 1.92. The second-order valence-electron chi connectivity index (χ2n) is 4.43. The van der Waals surface area contributed by atoms with Crippen molar-refractivity contribution in [3.8, 4) is 0 Å². The highest BCUT2D eigenvalue weighted by molar-refractivity contribution is 7.99. The summed E-state index contributed by atoms with van der Waals surface area (Å²) in [5, 5.41) is 6.34. The number of hydrogen-bond donors (Lipinski definition) is 2. The third-order valence-corrected chi connectivity index (χ3v) is 4.04. The third-order valence-electron chi connectivity index (χ3n) is 2.90. The lowest BCUT2D eigenvalue weighted by atomic mass is 10.2. The van der Waals surface area contributed by atoms with Gasteiger partial charge < -0.3 is 15.2 Å². The molecule has 1 aliphatic heterocycles. The van der Waals surface area contributed by atoms with Crippen molar-refractivity contribution in [2.75, 3.05) is 24.6 Å². The van der Waals surface area contributed by atoms with Crippen molar-refractivity contribution in [1.82, 2.24) is 20.2 Å². The summed E-state index contributed by atoms with van der Waals surface area (Å²) in [7, 11) is 0. The average molecular weight is 341 g/mol. The fourth-order valence-corrected chi connectivity index (χ4v) is 2.90. The van der Waals surface area contributed by atoms with Crippen LogP contribution in [-0.2, 0) is 11.3 Å². The number of aryl methyl sites for hydroxylation is 1. The number of aromatic nitrogens is 2. The van der Waals surface area contributed by atoms with E-state index in [2.05, 4.69) is 15.6 Å². The Morgan fingerprint density at radius 3 is 3.00 bits per heavy atom. The van der Waals surface area contributed by atoms with Crippen molar-refractivity contribution in [3.05, 3.63) is 18.7 Å². The quantitative estimate of drug-likeness (QED) is 0.767. The number of rotatable bonds is 6. The summed E-state index contributed by atoms with van der Waals surface area (Å²) in [5.74, 6) is 2.35. The zero-order chi connectivity index (χ0) is 12.6. The van der Waals surface area contributed by atoms with Gasteiger partial charge in [0.05, 0.1) is 6.33 Å². The van der Waals surface area contributed by atoms with Crippen molar-refractivity contribution in [1.29, 1.82) is 0 Å². The first-order valence-corrected chi connectivity index (χ1v) is 7.53. The smallest absolute Gasteiger partial charge is 0.221 e. The number of amides is 1. The molecule has 0 aromatic carbocycles. The van der Waals surface area contributed by atoms with Gasteiger partial charge in [0.25, 0.3) is 0 Å². The van der Waals surface area contributed by atoms with Gasteiger partial charge in [-0.05, 0) is 6.42 Å². The van der Waals surface area contributed by atoms with Gasteiger partial charge in [-0.2, -0.15) is 11.8 Å². The zero-order valence-electron chi connectivity index (χ0n) is 11.3. The molecule has 1 unspecified atom stereocenters. The molecule has 2 N–H and O–H groups in total. The van der Waals surface area contributed by atoms with Crippen LogP contribution in [0.25, 0.3) is 0 Å². The van der Waals surface area contributed by atoms with Crippen LogP contribution in [0, 0.1) is 0 Å². The fraction of sp³-hybridized carbons (Fsp3) is 0.667. The number of nitrogens with one attached hydrogen (secondary N) is 2. The monoisotopic (exact) mass is 340 g/mol. The molecule has 20 heavy (non-hydrogen) atoms. The number of thioether (sulfide) groups is 1. The molecule has 0 radical (unpaired) electrons. The van der Waals surface area contributed by atoms with Crippen LogP contribution in [0.1, 0.15) is 12.8 Å². The highest BCUT2D eigenvalue weighted by Crippen LogP contribution is 2.09. The summed E-state index contributed by atoms with van der Waals surface area (Å²) in [6.07, 6.45) is 7.04. The third kappa shape index (κ3) is 7.38. The van der Waals surface area contributed by atoms with Crippen LogP contribution in [0.4, 0.5) is 0 Å². The highest BCUT2D eigenvalue weighted by atomic mass is 35.5. The van der Waals surface area contributed by atoms with E-state index in [9.17, 15) is 4.79 Å². The van der Waals surface area contributed by atoms with E-state index in [0.29, 0.717) is 12.5 Å². The number of nitrogens with zero attached hydrogens (tertiary/aromatic N) is 2. The van der Waals surface area contributed by atoms with Crippen molar-refractivity contribution >= 4 is 42.5 Å². The number of carbonyl (C=O) groups is 1. The van der Waals surface area contributed by atoms with Crippen molar-refractivity contribution in [2.24, 2.45) is 0 Å². The van der Waals surface area contributed by atoms with E-state index in [1.165, 1.54) is 0 Å². The minimum absolute atomic E-state index is 0. The van der Waals surface area contributed by atoms with E-state index in [1.54, 1.807) is 12.5 Å². The second-order valence-corrected chi connectivity index (χ2v) is 5.58. The van der Waals surface area contributed by atoms with Crippen molar-refractivity contribution < 1.29 is 4.79 Å². The molecular weight excluding hydrogens is 319 g/mol. The summed E-state index contributed by atoms with van der Waals surface area (Å²) in [5.41, 5.74) is 0. The molecule has 2 heterocycles. The second kappa shape index (κ2) is 11.3. The molecule has 1 atom stereocenters. The van der Waals surface area contributed by atoms with Crippen LogP contribution >= 0.6 is 36.6 Å². The van der Waals surface area contributed by atoms with Gasteiger partial charge in [-0.1, -0.05) is 0 Å². The van der Waals surface area contributed by atoms with E-state index in [1.807, 2.05) is 22.5 Å². The molecule has 1 fully saturated rings. The Kier molecular flexibility index (Phi) is 11.0. The van der Waals surface area contributed by atoms with E-state index < -0.39 is 0 Å². The molecule has 0 bridgehead atoms. The number of carbonyl (C=O) groups excluding carboxylic acids is 1. The molecule has 1 amide bonds. The standard InChI is InChI=1S/C12H20N4OS.2ClH/c17-12(8-11-9-18-7-4-14-11)15-2-1-5-16-6-3-13-10-16;;/h3,6,10-11,14H,1-2,4-5,7-9H2,(H,15,17);2*1H. The van der Waals surface area contributed by atoms with E-state index in [0.717, 1.165) is 37.6 Å². The Balaban J connectivity index is 0.00000180. The van der Waals surface area contributed by atoms with Crippen LogP contribution in [-0.4, -0.2) is 46.1 Å². The summed E-state index contributed by atoms with van der Waals surface area (Å²) in [6.45, 7) is 2.65. The summed E-state index contributed by atoms with van der Waals surface area (Å²) in [4.78, 5) is 15.7. The average Bonchev–Trinajstić information content (AvgIpc) is 2.89. The maximum absolute atomic E-state index is 11.7. The molecule has 0 aliphatic carbocycles. The van der Waals surface area contributed by atoms with Gasteiger partial charge in [-0.15, -0.1) is 24.8 Å². The topological polar surface area (TPSA) is 59.0 Å². The lowest BCUT2D eigenvalue weighted by Crippen LogP contribution is -2.41. The van der Waals surface area contributed by atoms with Gasteiger partial charge in [0.2, 0.25) is 5.91 Å². The molecular formula is C12H22Cl2N4OS. The molecule has 2 rings (SSSR count). The van der Waals surface area contributed by atoms with Crippen LogP contribution < -0.4 is 10.6 Å². The molecule has 8 heteroatoms. The predicted octanol–water partition coefficient (Wildman–Crippen LogP) is 1.33. The SMILES string of the molecule is Cl.Cl.O=C(CC1CSCCN1)NCCCn1ccnc1. The van der Waals surface area contributed by atoms with Gasteiger partial charge in [-0.25, -0.2) is 4.98 Å². The molecule has 116 valence electrons. The maximum atomic E-state index is 11.7. The highest BCUT2D eigenvalue weighted by Gasteiger charge is 2.15. The number of hydrogen-bond acceptors (Lipinski definition) is 4. The minimum atomic E-state index is 0. The lowest BCUT2D eigenvalue weighted by Gasteiger charge is -2.22. The molecule has 1 saturated heterocycles. The first kappa shape index (κ1) is 19.6. The lowest BCUT2D eigenvalue weighted by molar-refractivity contribution is -0.121. The van der Waals surface area contributed by atoms with Crippen LogP contribution in [0.5, 0.6) is 0 Å². The van der Waals surface area contributed by atoms with Gasteiger partial charge in [0, 0.05) is 56.0 Å². The summed E-state index contributed by atoms with van der Waals surface area (Å²) < 4.78 is 2.02. The Morgan fingerprint density at radius 1 is 1.50 bits per heavy atom. The first-order chi connectivity index (χ1) is 8.84. The minimum Gasteiger partial charge on any atom is -0.356 e. The normalized spacial score (nSPS) is 17.7. The van der Waals surface area contributed by atoms with Crippen molar-refractivity contribution in [2.45, 2.75) is 25.4 Å². The van der Waals surface area contributed by atoms with Crippen LogP contribution in [0.2, 0.25) is 0 Å². The van der Waals surface area contributed by atoms with Gasteiger partial charge >= 0.3 is 0 Å². The first-order valence-electron chi connectivity index (χ1n) is 6.38. The maximum Gasteiger partial charge on any atom is 0.221 e. The molecule has 1 aromatic heterocycles. The van der Waals surface area contributed by atoms with E-state index >= 15 is 0 Å². The van der Waals surface area contributed by atoms with Gasteiger partial charge in [-0.3, -0.25) is 4.79 Å². The van der Waals surface area contributed by atoms with Crippen molar-refractivity contribution in [3.63, 3.8) is 0 Å². The molecule has 1 aliphatic rings. The van der Waals surface area contributed by atoms with E-state index in [-0.39, 0.29) is 30.7 Å². The largest absolute Gasteiger partial charge is 0.356 e. The molecule has 0 saturated carbocycles. The van der Waals surface area contributed by atoms with Gasteiger partial charge in [0.15, 0.2) is 0 Å². The van der Waals surface area contributed by atoms with Crippen LogP contribution in [0.3, 0.4) is 0 Å². The molecule has 1 aromatic rings. The Bertz CT molecular complexity index is 358.